The largest absolute Gasteiger partial charge is 0.325 e. The molecule has 0 aliphatic carbocycles. The van der Waals surface area contributed by atoms with E-state index >= 15 is 0 Å². The zero-order valence-electron chi connectivity index (χ0n) is 18.9. The maximum absolute atomic E-state index is 12.9. The molecule has 1 atom stereocenters. The summed E-state index contributed by atoms with van der Waals surface area (Å²) < 4.78 is 28.9. The number of sulfonamides is 1. The van der Waals surface area contributed by atoms with E-state index in [0.717, 1.165) is 35.0 Å². The predicted octanol–water partition coefficient (Wildman–Crippen LogP) is 4.09. The normalized spacial score (nSPS) is 15.7. The molecule has 0 saturated carbocycles. The molecule has 1 aliphatic rings. The molecule has 0 bridgehead atoms. The van der Waals surface area contributed by atoms with Crippen LogP contribution in [0.4, 0.5) is 5.69 Å². The third-order valence-corrected chi connectivity index (χ3v) is 9.01. The SMILES string of the molecule is Cc1cc2nnc(S[C@H](C)C(=O)Nc3ccc(S(=O)(=O)N4CCCC4)cc3)n2c2ccccc12. The van der Waals surface area contributed by atoms with E-state index in [2.05, 4.69) is 21.6 Å². The van der Waals surface area contributed by atoms with Gasteiger partial charge in [0.1, 0.15) is 0 Å². The number of hydrogen-bond acceptors (Lipinski definition) is 6. The quantitative estimate of drug-likeness (QED) is 0.405. The summed E-state index contributed by atoms with van der Waals surface area (Å²) in [6, 6.07) is 16.4. The number of thioether (sulfide) groups is 1. The maximum Gasteiger partial charge on any atom is 0.243 e. The lowest BCUT2D eigenvalue weighted by molar-refractivity contribution is -0.115. The Labute approximate surface area is 202 Å². The van der Waals surface area contributed by atoms with Crippen molar-refractivity contribution in [2.45, 2.75) is 42.0 Å². The lowest BCUT2D eigenvalue weighted by atomic mass is 10.1. The van der Waals surface area contributed by atoms with Crippen molar-refractivity contribution in [3.05, 3.63) is 60.2 Å². The van der Waals surface area contributed by atoms with Crippen molar-refractivity contribution in [1.29, 1.82) is 0 Å². The highest BCUT2D eigenvalue weighted by Crippen LogP contribution is 2.29. The Morgan fingerprint density at radius 1 is 1.06 bits per heavy atom. The molecule has 34 heavy (non-hydrogen) atoms. The number of aromatic nitrogens is 3. The van der Waals surface area contributed by atoms with Crippen LogP contribution in [0.25, 0.3) is 16.6 Å². The molecule has 5 rings (SSSR count). The molecule has 1 amide bonds. The third-order valence-electron chi connectivity index (χ3n) is 6.05. The van der Waals surface area contributed by atoms with Crippen molar-refractivity contribution in [3.8, 4) is 0 Å². The number of nitrogens with one attached hydrogen (secondary N) is 1. The number of rotatable bonds is 6. The molecule has 3 heterocycles. The van der Waals surface area contributed by atoms with Gasteiger partial charge in [0.2, 0.25) is 15.9 Å². The molecule has 4 aromatic rings. The molecular weight excluding hydrogens is 470 g/mol. The Balaban J connectivity index is 1.32. The van der Waals surface area contributed by atoms with Crippen LogP contribution in [0.1, 0.15) is 25.3 Å². The summed E-state index contributed by atoms with van der Waals surface area (Å²) in [6.07, 6.45) is 1.78. The van der Waals surface area contributed by atoms with Gasteiger partial charge in [0.25, 0.3) is 0 Å². The van der Waals surface area contributed by atoms with Gasteiger partial charge in [-0.3, -0.25) is 9.20 Å². The first-order valence-corrected chi connectivity index (χ1v) is 13.5. The van der Waals surface area contributed by atoms with E-state index in [9.17, 15) is 13.2 Å². The molecular formula is C24H25N5O3S2. The van der Waals surface area contributed by atoms with Gasteiger partial charge in [-0.25, -0.2) is 8.42 Å². The highest BCUT2D eigenvalue weighted by atomic mass is 32.2. The summed E-state index contributed by atoms with van der Waals surface area (Å²) >= 11 is 1.33. The molecule has 1 N–H and O–H groups in total. The van der Waals surface area contributed by atoms with E-state index in [1.165, 1.54) is 16.1 Å². The van der Waals surface area contributed by atoms with Gasteiger partial charge < -0.3 is 5.32 Å². The zero-order valence-corrected chi connectivity index (χ0v) is 20.6. The highest BCUT2D eigenvalue weighted by molar-refractivity contribution is 8.00. The van der Waals surface area contributed by atoms with Crippen LogP contribution in [0, 0.1) is 6.92 Å². The first-order valence-electron chi connectivity index (χ1n) is 11.2. The Kier molecular flexibility index (Phi) is 6.05. The maximum atomic E-state index is 12.9. The average molecular weight is 496 g/mol. The molecule has 8 nitrogen and oxygen atoms in total. The number of pyridine rings is 1. The summed E-state index contributed by atoms with van der Waals surface area (Å²) in [7, 11) is -3.48. The van der Waals surface area contributed by atoms with Gasteiger partial charge in [-0.2, -0.15) is 4.31 Å². The Morgan fingerprint density at radius 2 is 1.76 bits per heavy atom. The number of fused-ring (bicyclic) bond motifs is 3. The topological polar surface area (TPSA) is 96.7 Å². The van der Waals surface area contributed by atoms with Crippen LogP contribution in [0.5, 0.6) is 0 Å². The van der Waals surface area contributed by atoms with Crippen molar-refractivity contribution in [1.82, 2.24) is 18.9 Å². The number of aryl methyl sites for hydroxylation is 1. The monoisotopic (exact) mass is 495 g/mol. The Bertz CT molecular complexity index is 1480. The number of carbonyl (C=O) groups excluding carboxylic acids is 1. The fraction of sp³-hybridized carbons (Fsp3) is 0.292. The molecule has 10 heteroatoms. The number of nitrogens with zero attached hydrogens (tertiary/aromatic N) is 4. The van der Waals surface area contributed by atoms with E-state index in [-0.39, 0.29) is 10.8 Å². The number of carbonyl (C=O) groups is 1. The second-order valence-corrected chi connectivity index (χ2v) is 11.7. The van der Waals surface area contributed by atoms with Crippen LogP contribution in [0.3, 0.4) is 0 Å². The van der Waals surface area contributed by atoms with Gasteiger partial charge in [-0.15, -0.1) is 10.2 Å². The second-order valence-electron chi connectivity index (χ2n) is 8.41. The van der Waals surface area contributed by atoms with Crippen molar-refractivity contribution in [3.63, 3.8) is 0 Å². The smallest absolute Gasteiger partial charge is 0.243 e. The molecule has 2 aromatic heterocycles. The van der Waals surface area contributed by atoms with E-state index in [1.807, 2.05) is 42.5 Å². The minimum Gasteiger partial charge on any atom is -0.325 e. The van der Waals surface area contributed by atoms with Gasteiger partial charge in [0, 0.05) is 24.2 Å². The van der Waals surface area contributed by atoms with E-state index in [4.69, 9.17) is 0 Å². The van der Waals surface area contributed by atoms with Crippen LogP contribution < -0.4 is 5.32 Å². The second kappa shape index (κ2) is 9.01. The van der Waals surface area contributed by atoms with Gasteiger partial charge in [-0.1, -0.05) is 30.0 Å². The predicted molar refractivity (Wildman–Crippen MR) is 134 cm³/mol. The number of hydrogen-bond donors (Lipinski definition) is 1. The number of amides is 1. The number of benzene rings is 2. The standard InChI is InChI=1S/C24H25N5O3S2/c1-16-15-22-26-27-24(29(22)21-8-4-3-7-20(16)21)33-17(2)23(30)25-18-9-11-19(12-10-18)34(31,32)28-13-5-6-14-28/h3-4,7-12,15,17H,5-6,13-14H2,1-2H3,(H,25,30)/t17-/m1/s1. The molecule has 176 valence electrons. The zero-order chi connectivity index (χ0) is 23.9. The summed E-state index contributed by atoms with van der Waals surface area (Å²) in [5.41, 5.74) is 3.39. The summed E-state index contributed by atoms with van der Waals surface area (Å²) in [4.78, 5) is 13.1. The fourth-order valence-corrected chi connectivity index (χ4v) is 6.58. The van der Waals surface area contributed by atoms with E-state index in [1.54, 1.807) is 24.3 Å². The third kappa shape index (κ3) is 4.17. The molecule has 2 aromatic carbocycles. The molecule has 1 fully saturated rings. The van der Waals surface area contributed by atoms with Crippen molar-refractivity contribution >= 4 is 49.9 Å². The highest BCUT2D eigenvalue weighted by Gasteiger charge is 2.27. The van der Waals surface area contributed by atoms with Crippen LogP contribution in [0.15, 0.2) is 64.6 Å². The van der Waals surface area contributed by atoms with Crippen molar-refractivity contribution < 1.29 is 13.2 Å². The van der Waals surface area contributed by atoms with Crippen LogP contribution in [-0.4, -0.2) is 51.6 Å². The fourth-order valence-electron chi connectivity index (χ4n) is 4.19. The molecule has 1 saturated heterocycles. The molecule has 0 radical (unpaired) electrons. The Morgan fingerprint density at radius 3 is 2.50 bits per heavy atom. The Hall–Kier alpha value is -2.95. The van der Waals surface area contributed by atoms with Gasteiger partial charge >= 0.3 is 0 Å². The molecule has 0 unspecified atom stereocenters. The average Bonchev–Trinajstić information content (AvgIpc) is 3.51. The molecule has 0 spiro atoms. The van der Waals surface area contributed by atoms with Crippen molar-refractivity contribution in [2.24, 2.45) is 0 Å². The lowest BCUT2D eigenvalue weighted by Gasteiger charge is -2.16. The minimum absolute atomic E-state index is 0.201. The number of para-hydroxylation sites is 1. The van der Waals surface area contributed by atoms with Crippen LogP contribution in [-0.2, 0) is 14.8 Å². The molecule has 1 aliphatic heterocycles. The van der Waals surface area contributed by atoms with Crippen LogP contribution in [0.2, 0.25) is 0 Å². The van der Waals surface area contributed by atoms with E-state index < -0.39 is 15.3 Å². The first kappa shape index (κ1) is 22.8. The van der Waals surface area contributed by atoms with Crippen molar-refractivity contribution in [2.75, 3.05) is 18.4 Å². The summed E-state index contributed by atoms with van der Waals surface area (Å²) in [5.74, 6) is -0.201. The number of anilines is 1. The van der Waals surface area contributed by atoms with Gasteiger partial charge in [0.15, 0.2) is 10.8 Å². The summed E-state index contributed by atoms with van der Waals surface area (Å²) in [6.45, 7) is 4.97. The first-order chi connectivity index (χ1) is 16.3. The minimum atomic E-state index is -3.48. The van der Waals surface area contributed by atoms with Gasteiger partial charge in [-0.05, 0) is 68.7 Å². The van der Waals surface area contributed by atoms with Crippen LogP contribution >= 0.6 is 11.8 Å². The van der Waals surface area contributed by atoms with E-state index in [0.29, 0.717) is 23.9 Å². The van der Waals surface area contributed by atoms with Gasteiger partial charge in [0.05, 0.1) is 15.7 Å². The lowest BCUT2D eigenvalue weighted by Crippen LogP contribution is -2.27. The summed E-state index contributed by atoms with van der Waals surface area (Å²) in [5, 5.41) is 12.8.